The van der Waals surface area contributed by atoms with Crippen LogP contribution < -0.4 is 4.72 Å². The van der Waals surface area contributed by atoms with Crippen molar-refractivity contribution in [2.75, 3.05) is 11.0 Å². The summed E-state index contributed by atoms with van der Waals surface area (Å²) in [6.07, 6.45) is 2.59. The smallest absolute Gasteiger partial charge is 0.263 e. The van der Waals surface area contributed by atoms with Crippen LogP contribution in [-0.4, -0.2) is 14.7 Å². The van der Waals surface area contributed by atoms with Crippen LogP contribution in [0.1, 0.15) is 12.5 Å². The largest absolute Gasteiger partial charge is 0.279 e. The van der Waals surface area contributed by atoms with Crippen molar-refractivity contribution in [2.45, 2.75) is 23.1 Å². The zero-order chi connectivity index (χ0) is 15.5. The molecule has 0 spiro atoms. The lowest BCUT2D eigenvalue weighted by Crippen LogP contribution is -2.15. The summed E-state index contributed by atoms with van der Waals surface area (Å²) in [6, 6.07) is 12.3. The van der Waals surface area contributed by atoms with Gasteiger partial charge in [0.1, 0.15) is 4.90 Å². The molecule has 0 heterocycles. The summed E-state index contributed by atoms with van der Waals surface area (Å²) in [5, 5.41) is 0.400. The molecule has 2 aromatic carbocycles. The van der Waals surface area contributed by atoms with Gasteiger partial charge in [-0.1, -0.05) is 36.7 Å². The Morgan fingerprint density at radius 1 is 1.19 bits per heavy atom. The monoisotopic (exact) mass is 341 g/mol. The molecule has 0 saturated heterocycles. The number of rotatable bonds is 5. The van der Waals surface area contributed by atoms with Crippen LogP contribution in [-0.2, 0) is 16.4 Å². The van der Waals surface area contributed by atoms with E-state index in [4.69, 9.17) is 11.6 Å². The zero-order valence-corrected chi connectivity index (χ0v) is 14.1. The van der Waals surface area contributed by atoms with E-state index in [0.29, 0.717) is 15.6 Å². The van der Waals surface area contributed by atoms with Crippen molar-refractivity contribution in [1.82, 2.24) is 0 Å². The summed E-state index contributed by atoms with van der Waals surface area (Å²) in [6.45, 7) is 1.99. The van der Waals surface area contributed by atoms with Gasteiger partial charge >= 0.3 is 0 Å². The summed E-state index contributed by atoms with van der Waals surface area (Å²) in [5.74, 6) is 0. The number of anilines is 1. The topological polar surface area (TPSA) is 46.2 Å². The number of hydrogen-bond donors (Lipinski definition) is 1. The molecule has 112 valence electrons. The normalized spacial score (nSPS) is 11.4. The van der Waals surface area contributed by atoms with Crippen molar-refractivity contribution in [3.63, 3.8) is 0 Å². The molecule has 0 saturated carbocycles. The fraction of sp³-hybridized carbons (Fsp3) is 0.200. The lowest BCUT2D eigenvalue weighted by molar-refractivity contribution is 0.599. The Morgan fingerprint density at radius 3 is 2.57 bits per heavy atom. The van der Waals surface area contributed by atoms with Gasteiger partial charge in [0.25, 0.3) is 10.0 Å². The number of para-hydroxylation sites is 1. The number of sulfonamides is 1. The standard InChI is InChI=1S/C15H16ClNO2S2/c1-3-11-6-4-5-7-13(11)17-21(18,19)15-10-12(16)8-9-14(15)20-2/h4-10,17H,3H2,1-2H3. The second-order valence-corrected chi connectivity index (χ2v) is 7.35. The highest BCUT2D eigenvalue weighted by atomic mass is 35.5. The molecule has 0 aliphatic rings. The molecule has 0 aliphatic carbocycles. The maximum atomic E-state index is 12.6. The molecule has 3 nitrogen and oxygen atoms in total. The lowest BCUT2D eigenvalue weighted by Gasteiger charge is -2.14. The molecule has 21 heavy (non-hydrogen) atoms. The van der Waals surface area contributed by atoms with Crippen LogP contribution >= 0.6 is 23.4 Å². The fourth-order valence-electron chi connectivity index (χ4n) is 1.99. The summed E-state index contributed by atoms with van der Waals surface area (Å²) in [7, 11) is -3.67. The van der Waals surface area contributed by atoms with E-state index in [1.165, 1.54) is 17.8 Å². The predicted molar refractivity (Wildman–Crippen MR) is 89.9 cm³/mol. The SMILES string of the molecule is CCc1ccccc1NS(=O)(=O)c1cc(Cl)ccc1SC. The minimum absolute atomic E-state index is 0.202. The minimum Gasteiger partial charge on any atom is -0.279 e. The maximum Gasteiger partial charge on any atom is 0.263 e. The first-order valence-electron chi connectivity index (χ1n) is 6.42. The van der Waals surface area contributed by atoms with Crippen LogP contribution in [0.2, 0.25) is 5.02 Å². The highest BCUT2D eigenvalue weighted by Gasteiger charge is 2.20. The Kier molecular flexibility index (Phi) is 5.19. The van der Waals surface area contributed by atoms with E-state index < -0.39 is 10.0 Å². The average Bonchev–Trinajstić information content (AvgIpc) is 2.47. The molecular formula is C15H16ClNO2S2. The molecular weight excluding hydrogens is 326 g/mol. The van der Waals surface area contributed by atoms with Crippen molar-refractivity contribution in [3.05, 3.63) is 53.1 Å². The van der Waals surface area contributed by atoms with Gasteiger partial charge in [0.05, 0.1) is 5.69 Å². The van der Waals surface area contributed by atoms with Gasteiger partial charge in [-0.2, -0.15) is 0 Å². The van der Waals surface area contributed by atoms with Gasteiger partial charge in [-0.3, -0.25) is 4.72 Å². The quantitative estimate of drug-likeness (QED) is 0.818. The Hall–Kier alpha value is -1.17. The number of hydrogen-bond acceptors (Lipinski definition) is 3. The molecule has 2 aromatic rings. The number of halogens is 1. The first-order valence-corrected chi connectivity index (χ1v) is 9.50. The van der Waals surface area contributed by atoms with Crippen LogP contribution in [0.4, 0.5) is 5.69 Å². The van der Waals surface area contributed by atoms with E-state index in [9.17, 15) is 8.42 Å². The molecule has 0 fully saturated rings. The maximum absolute atomic E-state index is 12.6. The number of benzene rings is 2. The molecule has 2 rings (SSSR count). The van der Waals surface area contributed by atoms with Crippen LogP contribution in [0.3, 0.4) is 0 Å². The molecule has 0 radical (unpaired) electrons. The first-order chi connectivity index (χ1) is 9.97. The third-order valence-corrected chi connectivity index (χ3v) is 5.62. The second kappa shape index (κ2) is 6.73. The van der Waals surface area contributed by atoms with Gasteiger partial charge in [-0.25, -0.2) is 8.42 Å². The minimum atomic E-state index is -3.67. The molecule has 0 aliphatic heterocycles. The van der Waals surface area contributed by atoms with E-state index in [-0.39, 0.29) is 4.90 Å². The van der Waals surface area contributed by atoms with Crippen molar-refractivity contribution in [2.24, 2.45) is 0 Å². The molecule has 0 aromatic heterocycles. The zero-order valence-electron chi connectivity index (χ0n) is 11.8. The summed E-state index contributed by atoms with van der Waals surface area (Å²) in [4.78, 5) is 0.870. The van der Waals surface area contributed by atoms with Crippen molar-refractivity contribution in [3.8, 4) is 0 Å². The molecule has 0 bridgehead atoms. The van der Waals surface area contributed by atoms with Gasteiger partial charge in [-0.05, 0) is 42.5 Å². The van der Waals surface area contributed by atoms with E-state index in [1.807, 2.05) is 31.4 Å². The Bertz CT molecular complexity index is 745. The summed E-state index contributed by atoms with van der Waals surface area (Å²) in [5.41, 5.74) is 1.56. The van der Waals surface area contributed by atoms with Crippen LogP contribution in [0, 0.1) is 0 Å². The first kappa shape index (κ1) is 16.2. The Balaban J connectivity index is 2.46. The Morgan fingerprint density at radius 2 is 1.90 bits per heavy atom. The third-order valence-electron chi connectivity index (χ3n) is 3.06. The molecule has 6 heteroatoms. The number of nitrogens with one attached hydrogen (secondary N) is 1. The van der Waals surface area contributed by atoms with Gasteiger partial charge in [0.2, 0.25) is 0 Å². The summed E-state index contributed by atoms with van der Waals surface area (Å²) < 4.78 is 27.9. The molecule has 0 atom stereocenters. The van der Waals surface area contributed by atoms with Crippen LogP contribution in [0.5, 0.6) is 0 Å². The highest BCUT2D eigenvalue weighted by Crippen LogP contribution is 2.29. The van der Waals surface area contributed by atoms with Crippen LogP contribution in [0.25, 0.3) is 0 Å². The molecule has 0 amide bonds. The molecule has 0 unspecified atom stereocenters. The van der Waals surface area contributed by atoms with E-state index in [2.05, 4.69) is 4.72 Å². The predicted octanol–water partition coefficient (Wildman–Crippen LogP) is 4.43. The number of aryl methyl sites for hydroxylation is 1. The number of thioether (sulfide) groups is 1. The van der Waals surface area contributed by atoms with Crippen molar-refractivity contribution < 1.29 is 8.42 Å². The van der Waals surface area contributed by atoms with Gasteiger partial charge < -0.3 is 0 Å². The second-order valence-electron chi connectivity index (χ2n) is 4.41. The highest BCUT2D eigenvalue weighted by molar-refractivity contribution is 7.99. The van der Waals surface area contributed by atoms with E-state index in [0.717, 1.165) is 12.0 Å². The summed E-state index contributed by atoms with van der Waals surface area (Å²) >= 11 is 7.31. The lowest BCUT2D eigenvalue weighted by atomic mass is 10.1. The van der Waals surface area contributed by atoms with Gasteiger partial charge in [0, 0.05) is 9.92 Å². The average molecular weight is 342 g/mol. The molecule has 1 N–H and O–H groups in total. The van der Waals surface area contributed by atoms with Crippen molar-refractivity contribution >= 4 is 39.1 Å². The third kappa shape index (κ3) is 3.73. The Labute approximate surface area is 134 Å². The van der Waals surface area contributed by atoms with Gasteiger partial charge in [-0.15, -0.1) is 11.8 Å². The van der Waals surface area contributed by atoms with E-state index in [1.54, 1.807) is 18.2 Å². The van der Waals surface area contributed by atoms with Crippen LogP contribution in [0.15, 0.2) is 52.3 Å². The van der Waals surface area contributed by atoms with E-state index >= 15 is 0 Å². The van der Waals surface area contributed by atoms with Gasteiger partial charge in [0.15, 0.2) is 0 Å². The van der Waals surface area contributed by atoms with Crippen molar-refractivity contribution in [1.29, 1.82) is 0 Å². The fourth-order valence-corrected chi connectivity index (χ4v) is 4.48.